The Bertz CT molecular complexity index is 2780. The summed E-state index contributed by atoms with van der Waals surface area (Å²) in [6.07, 6.45) is 4.19. The summed E-state index contributed by atoms with van der Waals surface area (Å²) in [5.41, 5.74) is 21.0. The molecule has 8 rings (SSSR count). The fourth-order valence-corrected chi connectivity index (χ4v) is 7.08. The van der Waals surface area contributed by atoms with Gasteiger partial charge < -0.3 is 40.1 Å². The lowest BCUT2D eigenvalue weighted by molar-refractivity contribution is 0.414. The highest BCUT2D eigenvalue weighted by Gasteiger charge is 2.13. The average Bonchev–Trinajstić information content (AvgIpc) is 3.76. The first-order valence-corrected chi connectivity index (χ1v) is 18.9. The molecule has 6 aromatic carbocycles. The van der Waals surface area contributed by atoms with Crippen LogP contribution in [-0.4, -0.2) is 40.5 Å². The molecular weight excluding hydrogens is 791 g/mol. The van der Waals surface area contributed by atoms with E-state index in [0.717, 1.165) is 66.7 Å². The maximum Gasteiger partial charge on any atom is 0.488 e. The zero-order chi connectivity index (χ0) is 41.2. The van der Waals surface area contributed by atoms with Crippen molar-refractivity contribution in [3.8, 4) is 22.6 Å². The molecule has 0 saturated carbocycles. The van der Waals surface area contributed by atoms with Crippen LogP contribution in [0.15, 0.2) is 150 Å². The minimum Gasteiger partial charge on any atom is -0.497 e. The van der Waals surface area contributed by atoms with E-state index in [1.54, 1.807) is 32.4 Å². The molecule has 8 aromatic rings. The number of nitrogen functional groups attached to an aromatic ring is 2. The Balaban J connectivity index is 0.000000162. The molecule has 6 N–H and O–H groups in total. The van der Waals surface area contributed by atoms with Crippen LogP contribution in [0.25, 0.3) is 42.6 Å². The van der Waals surface area contributed by atoms with Crippen LogP contribution < -0.4 is 26.4 Å². The van der Waals surface area contributed by atoms with Crippen LogP contribution >= 0.6 is 15.9 Å². The van der Waals surface area contributed by atoms with Gasteiger partial charge in [-0.2, -0.15) is 0 Å². The second-order valence-electron chi connectivity index (χ2n) is 13.3. The molecule has 0 unspecified atom stereocenters. The standard InChI is InChI=1S/C23H19N3O.C17H13BrN2O.C6H8BNO2/c1-25-19-9-10-23-21(13-19)22(17-6-4-7-18(24)12-17)15-26(23)14-16-5-3-8-20(11-16)27-2;1-19-13-6-7-17-15(9-13)16(18)11-20(17)10-12-4-3-5-14(8-12)21-2;8-6-3-1-2-5(4-6)7(9)10/h3-13,15H,14,24H2,2H3;3-9,11H,10H2,2H3;1-4,9-10H,8H2. The van der Waals surface area contributed by atoms with Gasteiger partial charge in [0.1, 0.15) is 11.5 Å². The van der Waals surface area contributed by atoms with Crippen molar-refractivity contribution in [2.45, 2.75) is 13.1 Å². The van der Waals surface area contributed by atoms with E-state index in [0.29, 0.717) is 29.1 Å². The quantitative estimate of drug-likeness (QED) is 0.0686. The highest BCUT2D eigenvalue weighted by Crippen LogP contribution is 2.35. The third kappa shape index (κ3) is 9.88. The molecule has 0 radical (unpaired) electrons. The molecule has 2 aromatic heterocycles. The van der Waals surface area contributed by atoms with Gasteiger partial charge in [-0.05, 0) is 116 Å². The number of rotatable bonds is 8. The predicted octanol–water partition coefficient (Wildman–Crippen LogP) is 9.46. The van der Waals surface area contributed by atoms with Crippen LogP contribution in [-0.2, 0) is 13.1 Å². The number of fused-ring (bicyclic) bond motifs is 2. The van der Waals surface area contributed by atoms with E-state index in [1.165, 1.54) is 11.6 Å². The number of aromatic nitrogens is 2. The number of nitrogens with two attached hydrogens (primary N) is 2. The predicted molar refractivity (Wildman–Crippen MR) is 239 cm³/mol. The first kappa shape index (κ1) is 40.7. The molecule has 10 nitrogen and oxygen atoms in total. The summed E-state index contributed by atoms with van der Waals surface area (Å²) in [6, 6.07) is 42.0. The molecule has 0 spiro atoms. The molecule has 58 heavy (non-hydrogen) atoms. The van der Waals surface area contributed by atoms with E-state index >= 15 is 0 Å². The first-order valence-electron chi connectivity index (χ1n) is 18.1. The topological polar surface area (TPSA) is 130 Å². The van der Waals surface area contributed by atoms with Crippen LogP contribution in [0, 0.1) is 13.1 Å². The van der Waals surface area contributed by atoms with Gasteiger partial charge in [0.25, 0.3) is 0 Å². The van der Waals surface area contributed by atoms with E-state index in [2.05, 4.69) is 59.3 Å². The van der Waals surface area contributed by atoms with Gasteiger partial charge in [0.15, 0.2) is 11.4 Å². The summed E-state index contributed by atoms with van der Waals surface area (Å²) < 4.78 is 16.0. The van der Waals surface area contributed by atoms with Crippen molar-refractivity contribution in [2.24, 2.45) is 0 Å². The summed E-state index contributed by atoms with van der Waals surface area (Å²) in [6.45, 7) is 15.9. The second-order valence-corrected chi connectivity index (χ2v) is 14.1. The minimum absolute atomic E-state index is 0.417. The molecule has 0 saturated heterocycles. The fraction of sp³-hybridized carbons (Fsp3) is 0.0870. The van der Waals surface area contributed by atoms with E-state index in [9.17, 15) is 0 Å². The van der Waals surface area contributed by atoms with Gasteiger partial charge in [-0.1, -0.05) is 60.7 Å². The highest BCUT2D eigenvalue weighted by atomic mass is 79.9. The maximum atomic E-state index is 8.65. The van der Waals surface area contributed by atoms with Crippen molar-refractivity contribution in [1.29, 1.82) is 0 Å². The number of halogens is 1. The third-order valence-corrected chi connectivity index (χ3v) is 9.95. The molecule has 0 bridgehead atoms. The SMILES string of the molecule is Nc1cccc(B(O)O)c1.[C-]#[N+]c1ccc2c(c1)c(-c1cccc(N)c1)cn2Cc1cccc(OC)c1.[C-]#[N+]c1ccc2c(c1)c(Br)cn2Cc1cccc(OC)c1. The third-order valence-electron chi connectivity index (χ3n) is 9.32. The van der Waals surface area contributed by atoms with Gasteiger partial charge in [0, 0.05) is 63.3 Å². The molecule has 0 aliphatic heterocycles. The van der Waals surface area contributed by atoms with Crippen molar-refractivity contribution in [3.05, 3.63) is 184 Å². The smallest absolute Gasteiger partial charge is 0.488 e. The normalized spacial score (nSPS) is 10.4. The molecule has 0 atom stereocenters. The lowest BCUT2D eigenvalue weighted by Crippen LogP contribution is -2.29. The summed E-state index contributed by atoms with van der Waals surface area (Å²) >= 11 is 3.57. The molecule has 0 fully saturated rings. The number of hydrogen-bond donors (Lipinski definition) is 4. The van der Waals surface area contributed by atoms with Crippen LogP contribution in [0.1, 0.15) is 11.1 Å². The van der Waals surface area contributed by atoms with Gasteiger partial charge in [0.05, 0.1) is 27.4 Å². The Labute approximate surface area is 346 Å². The Kier molecular flexibility index (Phi) is 13.2. The van der Waals surface area contributed by atoms with Crippen LogP contribution in [0.5, 0.6) is 11.5 Å². The highest BCUT2D eigenvalue weighted by molar-refractivity contribution is 9.10. The van der Waals surface area contributed by atoms with Gasteiger partial charge >= 0.3 is 7.12 Å². The van der Waals surface area contributed by atoms with Crippen molar-refractivity contribution in [3.63, 3.8) is 0 Å². The van der Waals surface area contributed by atoms with Gasteiger partial charge in [0.2, 0.25) is 0 Å². The number of benzene rings is 6. The van der Waals surface area contributed by atoms with Gasteiger partial charge in [-0.3, -0.25) is 0 Å². The van der Waals surface area contributed by atoms with E-state index in [1.807, 2.05) is 97.1 Å². The van der Waals surface area contributed by atoms with Crippen molar-refractivity contribution < 1.29 is 19.5 Å². The van der Waals surface area contributed by atoms with Gasteiger partial charge in [-0.25, -0.2) is 9.69 Å². The molecule has 12 heteroatoms. The van der Waals surface area contributed by atoms with Crippen LogP contribution in [0.3, 0.4) is 0 Å². The first-order chi connectivity index (χ1) is 28.1. The lowest BCUT2D eigenvalue weighted by Gasteiger charge is -2.07. The minimum atomic E-state index is -1.43. The van der Waals surface area contributed by atoms with E-state index < -0.39 is 7.12 Å². The second kappa shape index (κ2) is 18.8. The molecule has 2 heterocycles. The van der Waals surface area contributed by atoms with Crippen molar-refractivity contribution >= 4 is 73.1 Å². The Morgan fingerprint density at radius 3 is 1.66 bits per heavy atom. The van der Waals surface area contributed by atoms with E-state index in [4.69, 9.17) is 44.1 Å². The van der Waals surface area contributed by atoms with E-state index in [-0.39, 0.29) is 0 Å². The Morgan fingerprint density at radius 2 is 1.14 bits per heavy atom. The van der Waals surface area contributed by atoms with Gasteiger partial charge in [-0.15, -0.1) is 0 Å². The fourth-order valence-electron chi connectivity index (χ4n) is 6.52. The Hall–Kier alpha value is -6.96. The zero-order valence-electron chi connectivity index (χ0n) is 31.9. The monoisotopic (exact) mass is 830 g/mol. The number of methoxy groups -OCH3 is 2. The van der Waals surface area contributed by atoms with Crippen LogP contribution in [0.2, 0.25) is 0 Å². The van der Waals surface area contributed by atoms with Crippen molar-refractivity contribution in [1.82, 2.24) is 9.13 Å². The summed E-state index contributed by atoms with van der Waals surface area (Å²) in [7, 11) is 1.92. The largest absolute Gasteiger partial charge is 0.497 e. The summed E-state index contributed by atoms with van der Waals surface area (Å²) in [5.74, 6) is 1.70. The van der Waals surface area contributed by atoms with Crippen molar-refractivity contribution in [2.75, 3.05) is 25.7 Å². The molecular formula is C46H40BBrN6O4. The zero-order valence-corrected chi connectivity index (χ0v) is 33.5. The Morgan fingerprint density at radius 1 is 0.621 bits per heavy atom. The maximum absolute atomic E-state index is 8.65. The molecule has 0 aliphatic carbocycles. The summed E-state index contributed by atoms with van der Waals surface area (Å²) in [5, 5.41) is 19.4. The lowest BCUT2D eigenvalue weighted by atomic mass is 9.80. The molecule has 0 amide bonds. The number of ether oxygens (including phenoxy) is 2. The number of anilines is 2. The number of hydrogen-bond acceptors (Lipinski definition) is 6. The molecule has 0 aliphatic rings. The number of nitrogens with zero attached hydrogens (tertiary/aromatic N) is 4. The summed E-state index contributed by atoms with van der Waals surface area (Å²) in [4.78, 5) is 7.07. The molecule has 288 valence electrons. The average molecular weight is 832 g/mol. The van der Waals surface area contributed by atoms with Crippen LogP contribution in [0.4, 0.5) is 22.7 Å².